The van der Waals surface area contributed by atoms with Gasteiger partial charge in [-0.1, -0.05) is 18.2 Å². The third kappa shape index (κ3) is 5.33. The molecule has 0 amide bonds. The van der Waals surface area contributed by atoms with Gasteiger partial charge in [-0.2, -0.15) is 5.09 Å². The summed E-state index contributed by atoms with van der Waals surface area (Å²) in [6, 6.07) is 7.76. The summed E-state index contributed by atoms with van der Waals surface area (Å²) < 4.78 is 27.6. The lowest BCUT2D eigenvalue weighted by atomic mass is 10.3. The van der Waals surface area contributed by atoms with Crippen LogP contribution >= 0.6 is 7.75 Å². The monoisotopic (exact) mass is 301 g/mol. The van der Waals surface area contributed by atoms with Crippen molar-refractivity contribution in [3.63, 3.8) is 0 Å². The number of nitrogens with one attached hydrogen (secondary N) is 1. The van der Waals surface area contributed by atoms with Gasteiger partial charge in [0.25, 0.3) is 0 Å². The molecular formula is C13H20NO5P. The minimum atomic E-state index is -3.63. The van der Waals surface area contributed by atoms with Crippen LogP contribution < -0.4 is 9.61 Å². The van der Waals surface area contributed by atoms with Gasteiger partial charge in [0.2, 0.25) is 0 Å². The maximum atomic E-state index is 12.4. The van der Waals surface area contributed by atoms with Crippen LogP contribution in [0.5, 0.6) is 5.75 Å². The van der Waals surface area contributed by atoms with Crippen LogP contribution in [0.2, 0.25) is 0 Å². The van der Waals surface area contributed by atoms with Crippen molar-refractivity contribution in [1.29, 1.82) is 0 Å². The number of hydrogen-bond donors (Lipinski definition) is 1. The molecule has 112 valence electrons. The van der Waals surface area contributed by atoms with E-state index in [4.69, 9.17) is 13.8 Å². The molecule has 0 fully saturated rings. The van der Waals surface area contributed by atoms with E-state index < -0.39 is 19.8 Å². The van der Waals surface area contributed by atoms with E-state index in [2.05, 4.69) is 5.09 Å². The zero-order valence-electron chi connectivity index (χ0n) is 12.0. The predicted octanol–water partition coefficient (Wildman–Crippen LogP) is 2.75. The first kappa shape index (κ1) is 16.7. The van der Waals surface area contributed by atoms with Gasteiger partial charge in [-0.3, -0.25) is 9.32 Å². The molecule has 0 heterocycles. The highest BCUT2D eigenvalue weighted by molar-refractivity contribution is 7.52. The molecule has 6 nitrogen and oxygen atoms in total. The van der Waals surface area contributed by atoms with Gasteiger partial charge in [0, 0.05) is 7.11 Å². The zero-order chi connectivity index (χ0) is 15.2. The molecule has 1 aromatic rings. The van der Waals surface area contributed by atoms with Crippen molar-refractivity contribution in [2.24, 2.45) is 0 Å². The minimum absolute atomic E-state index is 0.247. The van der Waals surface area contributed by atoms with Crippen LogP contribution in [-0.4, -0.2) is 25.2 Å². The summed E-state index contributed by atoms with van der Waals surface area (Å²) in [6.45, 7) is 5.01. The molecule has 0 bridgehead atoms. The van der Waals surface area contributed by atoms with Crippen LogP contribution in [-0.2, 0) is 18.6 Å². The van der Waals surface area contributed by atoms with Gasteiger partial charge in [-0.15, -0.1) is 0 Å². The summed E-state index contributed by atoms with van der Waals surface area (Å²) in [7, 11) is -2.38. The molecule has 0 saturated carbocycles. The van der Waals surface area contributed by atoms with E-state index in [-0.39, 0.29) is 6.10 Å². The minimum Gasteiger partial charge on any atom is -0.462 e. The summed E-state index contributed by atoms with van der Waals surface area (Å²) in [5, 5.41) is 2.53. The van der Waals surface area contributed by atoms with Crippen molar-refractivity contribution < 1.29 is 23.1 Å². The Kier molecular flexibility index (Phi) is 6.20. The number of hydrogen-bond acceptors (Lipinski definition) is 5. The summed E-state index contributed by atoms with van der Waals surface area (Å²) in [5.74, 6) is -0.136. The van der Waals surface area contributed by atoms with E-state index in [0.29, 0.717) is 5.75 Å². The quantitative estimate of drug-likeness (QED) is 0.616. The lowest BCUT2D eigenvalue weighted by molar-refractivity contribution is -0.149. The average Bonchev–Trinajstić information content (AvgIpc) is 2.39. The van der Waals surface area contributed by atoms with E-state index >= 15 is 0 Å². The van der Waals surface area contributed by atoms with Crippen LogP contribution in [0.25, 0.3) is 0 Å². The van der Waals surface area contributed by atoms with E-state index in [1.807, 2.05) is 0 Å². The zero-order valence-corrected chi connectivity index (χ0v) is 12.9. The van der Waals surface area contributed by atoms with Crippen molar-refractivity contribution in [3.8, 4) is 5.75 Å². The van der Waals surface area contributed by atoms with Gasteiger partial charge in [0.05, 0.1) is 6.10 Å². The first-order valence-electron chi connectivity index (χ1n) is 6.25. The van der Waals surface area contributed by atoms with Crippen LogP contribution in [0.15, 0.2) is 30.3 Å². The smallest absolute Gasteiger partial charge is 0.459 e. The normalized spacial score (nSPS) is 15.4. The van der Waals surface area contributed by atoms with Crippen molar-refractivity contribution in [3.05, 3.63) is 30.3 Å². The Balaban J connectivity index is 2.70. The summed E-state index contributed by atoms with van der Waals surface area (Å²) >= 11 is 0. The number of para-hydroxylation sites is 1. The van der Waals surface area contributed by atoms with E-state index in [0.717, 1.165) is 0 Å². The molecule has 1 N–H and O–H groups in total. The summed E-state index contributed by atoms with van der Waals surface area (Å²) in [4.78, 5) is 11.7. The average molecular weight is 301 g/mol. The molecule has 0 aliphatic carbocycles. The Morgan fingerprint density at radius 3 is 2.30 bits per heavy atom. The highest BCUT2D eigenvalue weighted by Crippen LogP contribution is 2.43. The van der Waals surface area contributed by atoms with E-state index in [1.54, 1.807) is 44.2 Å². The van der Waals surface area contributed by atoms with Gasteiger partial charge < -0.3 is 9.26 Å². The van der Waals surface area contributed by atoms with Crippen molar-refractivity contribution >= 4 is 13.7 Å². The Morgan fingerprint density at radius 2 is 1.80 bits per heavy atom. The van der Waals surface area contributed by atoms with Crippen LogP contribution in [0.3, 0.4) is 0 Å². The fraction of sp³-hybridized carbons (Fsp3) is 0.462. The molecular weight excluding hydrogens is 281 g/mol. The third-order valence-electron chi connectivity index (χ3n) is 2.27. The number of rotatable bonds is 7. The Labute approximate surface area is 119 Å². The molecule has 2 atom stereocenters. The highest BCUT2D eigenvalue weighted by atomic mass is 31.2. The van der Waals surface area contributed by atoms with Gasteiger partial charge >= 0.3 is 13.7 Å². The number of benzene rings is 1. The first-order chi connectivity index (χ1) is 9.36. The first-order valence-corrected chi connectivity index (χ1v) is 7.79. The largest absolute Gasteiger partial charge is 0.462 e. The van der Waals surface area contributed by atoms with Crippen LogP contribution in [0.4, 0.5) is 0 Å². The number of ether oxygens (including phenoxy) is 1. The molecule has 1 aromatic carbocycles. The lowest BCUT2D eigenvalue weighted by Crippen LogP contribution is -2.36. The lowest BCUT2D eigenvalue weighted by Gasteiger charge is -2.21. The second-order valence-electron chi connectivity index (χ2n) is 4.42. The molecule has 0 spiro atoms. The topological polar surface area (TPSA) is 73.9 Å². The van der Waals surface area contributed by atoms with Gasteiger partial charge in [-0.05, 0) is 32.9 Å². The fourth-order valence-electron chi connectivity index (χ4n) is 1.36. The van der Waals surface area contributed by atoms with E-state index in [9.17, 15) is 9.36 Å². The summed E-state index contributed by atoms with van der Waals surface area (Å²) in [6.07, 6.45) is -0.247. The molecule has 20 heavy (non-hydrogen) atoms. The Hall–Kier alpha value is -1.36. The van der Waals surface area contributed by atoms with Gasteiger partial charge in [-0.25, -0.2) is 4.57 Å². The molecule has 0 aliphatic heterocycles. The molecule has 0 unspecified atom stereocenters. The number of esters is 1. The maximum absolute atomic E-state index is 12.4. The SMILES string of the molecule is CO[P@@](=O)(N[C@H](C)C(=O)OC(C)C)Oc1ccccc1. The van der Waals surface area contributed by atoms with Crippen LogP contribution in [0.1, 0.15) is 20.8 Å². The molecule has 1 rings (SSSR count). The molecule has 0 aliphatic rings. The summed E-state index contributed by atoms with van der Waals surface area (Å²) in [5.41, 5.74) is 0. The molecule has 0 aromatic heterocycles. The fourth-order valence-corrected chi connectivity index (χ4v) is 2.57. The number of carbonyl (C=O) groups excluding carboxylic acids is 1. The Morgan fingerprint density at radius 1 is 1.20 bits per heavy atom. The molecule has 7 heteroatoms. The van der Waals surface area contributed by atoms with Crippen molar-refractivity contribution in [1.82, 2.24) is 5.09 Å². The van der Waals surface area contributed by atoms with Crippen LogP contribution in [0, 0.1) is 0 Å². The standard InChI is InChI=1S/C13H20NO5P/c1-10(2)18-13(15)11(3)14-20(16,17-4)19-12-8-6-5-7-9-12/h5-11H,1-4H3,(H,14,16)/t11-,20+/m1/s1. The van der Waals surface area contributed by atoms with Gasteiger partial charge in [0.1, 0.15) is 11.8 Å². The second kappa shape index (κ2) is 7.43. The molecule has 0 saturated heterocycles. The van der Waals surface area contributed by atoms with Crippen molar-refractivity contribution in [2.75, 3.05) is 7.11 Å². The maximum Gasteiger partial charge on any atom is 0.459 e. The highest BCUT2D eigenvalue weighted by Gasteiger charge is 2.31. The Bertz CT molecular complexity index is 477. The number of carbonyl (C=O) groups is 1. The van der Waals surface area contributed by atoms with Crippen molar-refractivity contribution in [2.45, 2.75) is 32.9 Å². The second-order valence-corrected chi connectivity index (χ2v) is 6.22. The molecule has 0 radical (unpaired) electrons. The van der Waals surface area contributed by atoms with Gasteiger partial charge in [0.15, 0.2) is 0 Å². The predicted molar refractivity (Wildman–Crippen MR) is 75.5 cm³/mol. The van der Waals surface area contributed by atoms with E-state index in [1.165, 1.54) is 14.0 Å². The third-order valence-corrected chi connectivity index (χ3v) is 3.90.